The summed E-state index contributed by atoms with van der Waals surface area (Å²) < 4.78 is 31.6. The molecule has 0 radical (unpaired) electrons. The number of amides is 1. The number of hydrogen-bond acceptors (Lipinski definition) is 5. The van der Waals surface area contributed by atoms with Crippen molar-refractivity contribution in [2.45, 2.75) is 38.6 Å². The number of ether oxygens (including phenoxy) is 1. The molecule has 1 saturated carbocycles. The lowest BCUT2D eigenvalue weighted by molar-refractivity contribution is 0.158. The average molecular weight is 279 g/mol. The third kappa shape index (κ3) is 5.19. The summed E-state index contributed by atoms with van der Waals surface area (Å²) in [5.74, 6) is 0.123. The second kappa shape index (κ2) is 6.91. The van der Waals surface area contributed by atoms with Gasteiger partial charge in [-0.05, 0) is 25.7 Å². The minimum atomic E-state index is -3.86. The molecule has 0 aromatic carbocycles. The summed E-state index contributed by atoms with van der Waals surface area (Å²) in [6.45, 7) is 1.96. The Balaban J connectivity index is 2.38. The minimum absolute atomic E-state index is 0.0176. The van der Waals surface area contributed by atoms with Crippen molar-refractivity contribution < 1.29 is 17.9 Å². The molecule has 1 amide bonds. The van der Waals surface area contributed by atoms with Gasteiger partial charge in [-0.15, -0.1) is 0 Å². The molecule has 0 aliphatic heterocycles. The van der Waals surface area contributed by atoms with Crippen molar-refractivity contribution in [1.29, 1.82) is 0 Å². The van der Waals surface area contributed by atoms with Gasteiger partial charge in [0.15, 0.2) is 0 Å². The molecule has 2 unspecified atom stereocenters. The predicted molar refractivity (Wildman–Crippen MR) is 67.0 cm³/mol. The number of carbonyl (C=O) groups excluding carboxylic acids is 1. The summed E-state index contributed by atoms with van der Waals surface area (Å²) in [5.41, 5.74) is 5.91. The molecule has 0 aromatic heterocycles. The summed E-state index contributed by atoms with van der Waals surface area (Å²) in [6, 6.07) is 0.0176. The maximum Gasteiger partial charge on any atom is 0.421 e. The van der Waals surface area contributed by atoms with Crippen molar-refractivity contribution in [3.8, 4) is 0 Å². The fourth-order valence-electron chi connectivity index (χ4n) is 2.01. The van der Waals surface area contributed by atoms with Crippen molar-refractivity contribution in [2.24, 2.45) is 11.7 Å². The van der Waals surface area contributed by atoms with Gasteiger partial charge < -0.3 is 10.5 Å². The zero-order chi connectivity index (χ0) is 13.6. The largest absolute Gasteiger partial charge is 0.449 e. The Morgan fingerprint density at radius 3 is 2.67 bits per heavy atom. The predicted octanol–water partition coefficient (Wildman–Crippen LogP) is 0.0844. The van der Waals surface area contributed by atoms with E-state index in [1.165, 1.54) is 0 Å². The smallest absolute Gasteiger partial charge is 0.421 e. The second-order valence-corrected chi connectivity index (χ2v) is 5.88. The van der Waals surface area contributed by atoms with Crippen molar-refractivity contribution in [3.63, 3.8) is 0 Å². The summed E-state index contributed by atoms with van der Waals surface area (Å²) in [4.78, 5) is 11.0. The summed E-state index contributed by atoms with van der Waals surface area (Å²) in [7, 11) is -3.86. The molecule has 0 heterocycles. The van der Waals surface area contributed by atoms with Gasteiger partial charge in [-0.3, -0.25) is 0 Å². The molecular formula is C10H21N3O4S. The first-order valence-electron chi connectivity index (χ1n) is 6.14. The van der Waals surface area contributed by atoms with Crippen LogP contribution in [0.2, 0.25) is 0 Å². The molecular weight excluding hydrogens is 258 g/mol. The third-order valence-electron chi connectivity index (χ3n) is 3.00. The maximum atomic E-state index is 11.5. The first-order chi connectivity index (χ1) is 8.44. The van der Waals surface area contributed by atoms with Crippen LogP contribution in [-0.2, 0) is 14.9 Å². The number of nitrogens with two attached hydrogens (primary N) is 1. The molecule has 1 aliphatic carbocycles. The SMILES string of the molecule is CCOC(=O)NS(=O)(=O)NCC1CCCCC1N. The molecule has 0 saturated heterocycles. The van der Waals surface area contributed by atoms with E-state index in [2.05, 4.69) is 9.46 Å². The van der Waals surface area contributed by atoms with Crippen LogP contribution in [0.1, 0.15) is 32.6 Å². The van der Waals surface area contributed by atoms with Crippen LogP contribution in [-0.4, -0.2) is 33.7 Å². The molecule has 0 spiro atoms. The first kappa shape index (κ1) is 15.2. The monoisotopic (exact) mass is 279 g/mol. The van der Waals surface area contributed by atoms with Crippen molar-refractivity contribution in [3.05, 3.63) is 0 Å². The van der Waals surface area contributed by atoms with Crippen LogP contribution >= 0.6 is 0 Å². The fraction of sp³-hybridized carbons (Fsp3) is 0.900. The van der Waals surface area contributed by atoms with Gasteiger partial charge in [0.05, 0.1) is 6.61 Å². The zero-order valence-electron chi connectivity index (χ0n) is 10.5. The summed E-state index contributed by atoms with van der Waals surface area (Å²) in [6.07, 6.45) is 3.00. The average Bonchev–Trinajstić information content (AvgIpc) is 2.27. The molecule has 8 heteroatoms. The lowest BCUT2D eigenvalue weighted by Gasteiger charge is -2.28. The molecule has 18 heavy (non-hydrogen) atoms. The molecule has 4 N–H and O–H groups in total. The Morgan fingerprint density at radius 2 is 2.06 bits per heavy atom. The highest BCUT2D eigenvalue weighted by Crippen LogP contribution is 2.22. The van der Waals surface area contributed by atoms with Gasteiger partial charge in [-0.25, -0.2) is 9.52 Å². The molecule has 0 aromatic rings. The second-order valence-electron chi connectivity index (χ2n) is 4.38. The standard InChI is InChI=1S/C10H21N3O4S/c1-2-17-10(14)13-18(15,16)12-7-8-5-3-4-6-9(8)11/h8-9,12H,2-7,11H2,1H3,(H,13,14). The van der Waals surface area contributed by atoms with E-state index in [4.69, 9.17) is 5.73 Å². The Bertz CT molecular complexity index is 371. The van der Waals surface area contributed by atoms with Gasteiger partial charge >= 0.3 is 16.3 Å². The van der Waals surface area contributed by atoms with Gasteiger partial charge in [0, 0.05) is 12.6 Å². The number of hydrogen-bond donors (Lipinski definition) is 3. The van der Waals surface area contributed by atoms with Crippen LogP contribution in [0.4, 0.5) is 4.79 Å². The van der Waals surface area contributed by atoms with E-state index in [1.807, 2.05) is 0 Å². The van der Waals surface area contributed by atoms with Crippen molar-refractivity contribution in [2.75, 3.05) is 13.2 Å². The van der Waals surface area contributed by atoms with E-state index >= 15 is 0 Å². The highest BCUT2D eigenvalue weighted by molar-refractivity contribution is 7.88. The van der Waals surface area contributed by atoms with Crippen molar-refractivity contribution in [1.82, 2.24) is 9.44 Å². The molecule has 0 bridgehead atoms. The molecule has 2 atom stereocenters. The van der Waals surface area contributed by atoms with Gasteiger partial charge in [0.25, 0.3) is 0 Å². The van der Waals surface area contributed by atoms with E-state index in [0.717, 1.165) is 25.7 Å². The fourth-order valence-corrected chi connectivity index (χ4v) is 2.80. The highest BCUT2D eigenvalue weighted by atomic mass is 32.2. The van der Waals surface area contributed by atoms with E-state index in [-0.39, 0.29) is 25.1 Å². The molecule has 7 nitrogen and oxygen atoms in total. The number of nitrogens with one attached hydrogen (secondary N) is 2. The Morgan fingerprint density at radius 1 is 1.39 bits per heavy atom. The van der Waals surface area contributed by atoms with Crippen LogP contribution in [0.3, 0.4) is 0 Å². The van der Waals surface area contributed by atoms with Crippen molar-refractivity contribution >= 4 is 16.3 Å². The summed E-state index contributed by atoms with van der Waals surface area (Å²) in [5, 5.41) is 0. The van der Waals surface area contributed by atoms with E-state index in [1.54, 1.807) is 11.6 Å². The quantitative estimate of drug-likeness (QED) is 0.660. The highest BCUT2D eigenvalue weighted by Gasteiger charge is 2.24. The van der Waals surface area contributed by atoms with Gasteiger partial charge in [0.1, 0.15) is 0 Å². The third-order valence-corrected chi connectivity index (χ3v) is 3.98. The van der Waals surface area contributed by atoms with E-state index in [9.17, 15) is 13.2 Å². The Labute approximate surface area is 108 Å². The normalized spacial score (nSPS) is 24.6. The van der Waals surface area contributed by atoms with Gasteiger partial charge in [0.2, 0.25) is 0 Å². The molecule has 1 rings (SSSR count). The van der Waals surface area contributed by atoms with Gasteiger partial charge in [-0.2, -0.15) is 13.1 Å². The Hall–Kier alpha value is -0.860. The van der Waals surface area contributed by atoms with Crippen LogP contribution in [0.5, 0.6) is 0 Å². The van der Waals surface area contributed by atoms with Crippen LogP contribution in [0.15, 0.2) is 0 Å². The maximum absolute atomic E-state index is 11.5. The lowest BCUT2D eigenvalue weighted by atomic mass is 9.85. The summed E-state index contributed by atoms with van der Waals surface area (Å²) >= 11 is 0. The minimum Gasteiger partial charge on any atom is -0.449 e. The van der Waals surface area contributed by atoms with E-state index in [0.29, 0.717) is 0 Å². The lowest BCUT2D eigenvalue weighted by Crippen LogP contribution is -2.46. The number of carbonyl (C=O) groups is 1. The topological polar surface area (TPSA) is 111 Å². The first-order valence-corrected chi connectivity index (χ1v) is 7.62. The molecule has 106 valence electrons. The van der Waals surface area contributed by atoms with Crippen LogP contribution < -0.4 is 15.2 Å². The zero-order valence-corrected chi connectivity index (χ0v) is 11.3. The number of rotatable bonds is 5. The van der Waals surface area contributed by atoms with Crippen LogP contribution in [0.25, 0.3) is 0 Å². The Kier molecular flexibility index (Phi) is 5.83. The van der Waals surface area contributed by atoms with Gasteiger partial charge in [-0.1, -0.05) is 12.8 Å². The molecule has 1 aliphatic rings. The molecule has 1 fully saturated rings. The van der Waals surface area contributed by atoms with Crippen LogP contribution in [0, 0.1) is 5.92 Å². The van der Waals surface area contributed by atoms with E-state index < -0.39 is 16.3 Å².